The van der Waals surface area contributed by atoms with Gasteiger partial charge in [-0.15, -0.1) is 0 Å². The van der Waals surface area contributed by atoms with Crippen LogP contribution < -0.4 is 10.1 Å². The van der Waals surface area contributed by atoms with E-state index in [4.69, 9.17) is 4.74 Å². The SMILES string of the molecule is CCOc1ccc(NC(=O)c2cncc(C)c2)cc1CBr. The number of aryl methyl sites for hydroxylation is 1. The summed E-state index contributed by atoms with van der Waals surface area (Å²) in [6.07, 6.45) is 3.28. The molecule has 4 nitrogen and oxygen atoms in total. The number of pyridine rings is 1. The van der Waals surface area contributed by atoms with Crippen LogP contribution in [0.4, 0.5) is 5.69 Å². The van der Waals surface area contributed by atoms with E-state index in [-0.39, 0.29) is 5.91 Å². The van der Waals surface area contributed by atoms with Crippen LogP contribution >= 0.6 is 15.9 Å². The molecule has 2 aromatic rings. The number of carbonyl (C=O) groups is 1. The van der Waals surface area contributed by atoms with E-state index >= 15 is 0 Å². The zero-order valence-corrected chi connectivity index (χ0v) is 13.6. The van der Waals surface area contributed by atoms with Crippen molar-refractivity contribution in [1.29, 1.82) is 0 Å². The van der Waals surface area contributed by atoms with Crippen molar-refractivity contribution in [1.82, 2.24) is 4.98 Å². The van der Waals surface area contributed by atoms with Gasteiger partial charge in [-0.2, -0.15) is 0 Å². The van der Waals surface area contributed by atoms with Crippen molar-refractivity contribution in [3.8, 4) is 5.75 Å². The lowest BCUT2D eigenvalue weighted by molar-refractivity contribution is 0.102. The van der Waals surface area contributed by atoms with Crippen LogP contribution in [0.5, 0.6) is 5.75 Å². The Morgan fingerprint density at radius 3 is 2.81 bits per heavy atom. The quantitative estimate of drug-likeness (QED) is 0.832. The molecule has 1 aromatic carbocycles. The Kier molecular flexibility index (Phi) is 5.33. The highest BCUT2D eigenvalue weighted by atomic mass is 79.9. The van der Waals surface area contributed by atoms with Crippen molar-refractivity contribution in [3.05, 3.63) is 53.3 Å². The van der Waals surface area contributed by atoms with Crippen molar-refractivity contribution >= 4 is 27.5 Å². The highest BCUT2D eigenvalue weighted by molar-refractivity contribution is 9.08. The van der Waals surface area contributed by atoms with Crippen molar-refractivity contribution in [2.75, 3.05) is 11.9 Å². The molecule has 0 radical (unpaired) electrons. The number of halogens is 1. The Morgan fingerprint density at radius 1 is 1.33 bits per heavy atom. The molecule has 2 rings (SSSR count). The van der Waals surface area contributed by atoms with Crippen LogP contribution in [0.1, 0.15) is 28.4 Å². The Balaban J connectivity index is 2.17. The molecule has 1 aromatic heterocycles. The van der Waals surface area contributed by atoms with Gasteiger partial charge in [-0.1, -0.05) is 15.9 Å². The zero-order chi connectivity index (χ0) is 15.2. The van der Waals surface area contributed by atoms with Crippen LogP contribution in [-0.2, 0) is 5.33 Å². The predicted octanol–water partition coefficient (Wildman–Crippen LogP) is 3.94. The number of alkyl halides is 1. The predicted molar refractivity (Wildman–Crippen MR) is 87.2 cm³/mol. The highest BCUT2D eigenvalue weighted by Gasteiger charge is 2.09. The number of nitrogens with zero attached hydrogens (tertiary/aromatic N) is 1. The van der Waals surface area contributed by atoms with Gasteiger partial charge in [0.15, 0.2) is 0 Å². The maximum atomic E-state index is 12.2. The maximum Gasteiger partial charge on any atom is 0.257 e. The molecule has 110 valence electrons. The van der Waals surface area contributed by atoms with E-state index in [2.05, 4.69) is 26.2 Å². The monoisotopic (exact) mass is 348 g/mol. The van der Waals surface area contributed by atoms with Crippen LogP contribution in [0.15, 0.2) is 36.7 Å². The summed E-state index contributed by atoms with van der Waals surface area (Å²) in [6, 6.07) is 7.41. The Hall–Kier alpha value is -1.88. The average molecular weight is 349 g/mol. The van der Waals surface area contributed by atoms with Gasteiger partial charge in [0.1, 0.15) is 5.75 Å². The molecule has 0 atom stereocenters. The second-order valence-electron chi connectivity index (χ2n) is 4.59. The van der Waals surface area contributed by atoms with E-state index in [1.807, 2.05) is 38.1 Å². The first-order valence-corrected chi connectivity index (χ1v) is 7.81. The lowest BCUT2D eigenvalue weighted by atomic mass is 10.1. The summed E-state index contributed by atoms with van der Waals surface area (Å²) in [7, 11) is 0. The van der Waals surface area contributed by atoms with Crippen molar-refractivity contribution in [2.24, 2.45) is 0 Å². The van der Waals surface area contributed by atoms with E-state index in [9.17, 15) is 4.79 Å². The Labute approximate surface area is 132 Å². The summed E-state index contributed by atoms with van der Waals surface area (Å²) in [4.78, 5) is 16.2. The lowest BCUT2D eigenvalue weighted by Gasteiger charge is -2.11. The van der Waals surface area contributed by atoms with Crippen LogP contribution in [0, 0.1) is 6.92 Å². The van der Waals surface area contributed by atoms with Crippen molar-refractivity contribution in [3.63, 3.8) is 0 Å². The van der Waals surface area contributed by atoms with Crippen LogP contribution in [0.25, 0.3) is 0 Å². The number of rotatable bonds is 5. The summed E-state index contributed by atoms with van der Waals surface area (Å²) in [5.41, 5.74) is 3.23. The summed E-state index contributed by atoms with van der Waals surface area (Å²) >= 11 is 3.43. The van der Waals surface area contributed by atoms with E-state index < -0.39 is 0 Å². The van der Waals surface area contributed by atoms with Gasteiger partial charge in [0, 0.05) is 29.0 Å². The number of benzene rings is 1. The molecule has 0 unspecified atom stereocenters. The fourth-order valence-corrected chi connectivity index (χ4v) is 2.38. The minimum Gasteiger partial charge on any atom is -0.494 e. The lowest BCUT2D eigenvalue weighted by Crippen LogP contribution is -2.12. The first kappa shape index (κ1) is 15.5. The first-order valence-electron chi connectivity index (χ1n) is 6.68. The van der Waals surface area contributed by atoms with E-state index in [0.29, 0.717) is 17.5 Å². The maximum absolute atomic E-state index is 12.2. The fraction of sp³-hybridized carbons (Fsp3) is 0.250. The van der Waals surface area contributed by atoms with Gasteiger partial charge in [-0.05, 0) is 43.7 Å². The second kappa shape index (κ2) is 7.22. The van der Waals surface area contributed by atoms with Crippen molar-refractivity contribution < 1.29 is 9.53 Å². The average Bonchev–Trinajstić information content (AvgIpc) is 2.49. The summed E-state index contributed by atoms with van der Waals surface area (Å²) in [5.74, 6) is 0.653. The minimum absolute atomic E-state index is 0.170. The van der Waals surface area contributed by atoms with Gasteiger partial charge in [-0.3, -0.25) is 9.78 Å². The van der Waals surface area contributed by atoms with Gasteiger partial charge in [0.25, 0.3) is 5.91 Å². The standard InChI is InChI=1S/C16H17BrN2O2/c1-3-21-15-5-4-14(7-12(15)8-17)19-16(20)13-6-11(2)9-18-10-13/h4-7,9-10H,3,8H2,1-2H3,(H,19,20). The number of amides is 1. The molecule has 0 fully saturated rings. The summed E-state index contributed by atoms with van der Waals surface area (Å²) in [6.45, 7) is 4.46. The summed E-state index contributed by atoms with van der Waals surface area (Å²) < 4.78 is 5.54. The molecule has 5 heteroatoms. The second-order valence-corrected chi connectivity index (χ2v) is 5.15. The van der Waals surface area contributed by atoms with Crippen LogP contribution in [-0.4, -0.2) is 17.5 Å². The van der Waals surface area contributed by atoms with E-state index in [0.717, 1.165) is 22.6 Å². The molecule has 0 aliphatic heterocycles. The molecule has 0 bridgehead atoms. The van der Waals surface area contributed by atoms with Gasteiger partial charge >= 0.3 is 0 Å². The summed E-state index contributed by atoms with van der Waals surface area (Å²) in [5, 5.41) is 3.54. The topological polar surface area (TPSA) is 51.2 Å². The van der Waals surface area contributed by atoms with Gasteiger partial charge in [-0.25, -0.2) is 0 Å². The van der Waals surface area contributed by atoms with Gasteiger partial charge in [0.2, 0.25) is 0 Å². The Bertz CT molecular complexity index is 644. The number of carbonyl (C=O) groups excluding carboxylic acids is 1. The van der Waals surface area contributed by atoms with E-state index in [1.54, 1.807) is 12.4 Å². The molecular formula is C16H17BrN2O2. The largest absolute Gasteiger partial charge is 0.494 e. The molecule has 0 aliphatic rings. The number of nitrogens with one attached hydrogen (secondary N) is 1. The fourth-order valence-electron chi connectivity index (χ4n) is 1.94. The van der Waals surface area contributed by atoms with Gasteiger partial charge in [0.05, 0.1) is 12.2 Å². The molecule has 1 amide bonds. The molecule has 1 N–H and O–H groups in total. The Morgan fingerprint density at radius 2 is 2.14 bits per heavy atom. The zero-order valence-electron chi connectivity index (χ0n) is 12.0. The number of aromatic nitrogens is 1. The number of hydrogen-bond donors (Lipinski definition) is 1. The number of ether oxygens (including phenoxy) is 1. The third-order valence-corrected chi connectivity index (χ3v) is 3.50. The molecular weight excluding hydrogens is 332 g/mol. The van der Waals surface area contributed by atoms with Crippen LogP contribution in [0.2, 0.25) is 0 Å². The molecule has 0 saturated heterocycles. The van der Waals surface area contributed by atoms with Crippen molar-refractivity contribution in [2.45, 2.75) is 19.2 Å². The smallest absolute Gasteiger partial charge is 0.257 e. The third-order valence-electron chi connectivity index (χ3n) is 2.90. The normalized spacial score (nSPS) is 10.2. The minimum atomic E-state index is -0.170. The molecule has 0 spiro atoms. The first-order chi connectivity index (χ1) is 10.1. The molecule has 0 aliphatic carbocycles. The van der Waals surface area contributed by atoms with Gasteiger partial charge < -0.3 is 10.1 Å². The highest BCUT2D eigenvalue weighted by Crippen LogP contribution is 2.25. The molecule has 0 saturated carbocycles. The van der Waals surface area contributed by atoms with E-state index in [1.165, 1.54) is 0 Å². The van der Waals surface area contributed by atoms with Crippen LogP contribution in [0.3, 0.4) is 0 Å². The third kappa shape index (κ3) is 4.04. The molecule has 1 heterocycles. The number of anilines is 1. The number of hydrogen-bond acceptors (Lipinski definition) is 3. The molecule has 21 heavy (non-hydrogen) atoms.